The molecule has 0 saturated carbocycles. The fourth-order valence-corrected chi connectivity index (χ4v) is 2.98. The SMILES string of the molecule is Cc1oncc1C(=O)NCC[C@@H](CCO)c1cccs1. The summed E-state index contributed by atoms with van der Waals surface area (Å²) in [6, 6.07) is 4.07. The molecular weight excluding hydrogens is 276 g/mol. The molecule has 0 aromatic carbocycles. The van der Waals surface area contributed by atoms with E-state index in [0.29, 0.717) is 24.3 Å². The Morgan fingerprint density at radius 3 is 3.00 bits per heavy atom. The molecule has 0 fully saturated rings. The first-order valence-electron chi connectivity index (χ1n) is 6.56. The van der Waals surface area contributed by atoms with Gasteiger partial charge in [0.25, 0.3) is 5.91 Å². The standard InChI is InChI=1S/C14H18N2O3S/c1-10-12(9-16-19-10)14(18)15-6-4-11(5-7-17)13-3-2-8-20-13/h2-3,8-9,11,17H,4-7H2,1H3,(H,15,18)/t11-/m0/s1. The molecule has 0 aliphatic rings. The maximum Gasteiger partial charge on any atom is 0.256 e. The minimum atomic E-state index is -0.169. The van der Waals surface area contributed by atoms with Crippen LogP contribution in [0.15, 0.2) is 28.2 Å². The highest BCUT2D eigenvalue weighted by molar-refractivity contribution is 7.10. The van der Waals surface area contributed by atoms with Gasteiger partial charge in [0, 0.05) is 18.0 Å². The van der Waals surface area contributed by atoms with E-state index in [2.05, 4.69) is 16.5 Å². The lowest BCUT2D eigenvalue weighted by Crippen LogP contribution is -2.25. The maximum atomic E-state index is 11.9. The largest absolute Gasteiger partial charge is 0.396 e. The lowest BCUT2D eigenvalue weighted by Gasteiger charge is -2.14. The number of aliphatic hydroxyl groups excluding tert-OH is 1. The summed E-state index contributed by atoms with van der Waals surface area (Å²) in [5, 5.41) is 17.6. The highest BCUT2D eigenvalue weighted by Gasteiger charge is 2.15. The molecule has 2 aromatic rings. The van der Waals surface area contributed by atoms with Crippen LogP contribution in [0.2, 0.25) is 0 Å². The van der Waals surface area contributed by atoms with Gasteiger partial charge in [-0.15, -0.1) is 11.3 Å². The topological polar surface area (TPSA) is 75.4 Å². The summed E-state index contributed by atoms with van der Waals surface area (Å²) in [5.74, 6) is 0.634. The number of aliphatic hydroxyl groups is 1. The number of nitrogens with zero attached hydrogens (tertiary/aromatic N) is 1. The zero-order chi connectivity index (χ0) is 14.4. The van der Waals surface area contributed by atoms with Crippen LogP contribution in [0.5, 0.6) is 0 Å². The van der Waals surface area contributed by atoms with Gasteiger partial charge in [0.2, 0.25) is 0 Å². The first-order valence-corrected chi connectivity index (χ1v) is 7.44. The molecule has 5 nitrogen and oxygen atoms in total. The lowest BCUT2D eigenvalue weighted by molar-refractivity contribution is 0.0950. The third-order valence-electron chi connectivity index (χ3n) is 3.20. The second-order valence-electron chi connectivity index (χ2n) is 4.56. The maximum absolute atomic E-state index is 11.9. The van der Waals surface area contributed by atoms with Crippen molar-refractivity contribution in [2.75, 3.05) is 13.2 Å². The Labute approximate surface area is 121 Å². The number of hydrogen-bond acceptors (Lipinski definition) is 5. The highest BCUT2D eigenvalue weighted by Crippen LogP contribution is 2.26. The average molecular weight is 294 g/mol. The van der Waals surface area contributed by atoms with Crippen LogP contribution in [-0.2, 0) is 0 Å². The minimum absolute atomic E-state index is 0.154. The molecule has 6 heteroatoms. The molecule has 0 saturated heterocycles. The van der Waals surface area contributed by atoms with E-state index in [-0.39, 0.29) is 18.4 Å². The first-order chi connectivity index (χ1) is 9.72. The molecule has 2 rings (SSSR count). The number of hydrogen-bond donors (Lipinski definition) is 2. The second-order valence-corrected chi connectivity index (χ2v) is 5.54. The number of thiophene rings is 1. The Bertz CT molecular complexity index is 536. The number of rotatable bonds is 7. The zero-order valence-electron chi connectivity index (χ0n) is 11.3. The molecule has 0 unspecified atom stereocenters. The van der Waals surface area contributed by atoms with Crippen molar-refractivity contribution in [1.82, 2.24) is 10.5 Å². The number of aromatic nitrogens is 1. The normalized spacial score (nSPS) is 12.3. The molecule has 0 aliphatic carbocycles. The van der Waals surface area contributed by atoms with Crippen LogP contribution < -0.4 is 5.32 Å². The van der Waals surface area contributed by atoms with E-state index >= 15 is 0 Å². The molecule has 0 bridgehead atoms. The molecule has 2 heterocycles. The van der Waals surface area contributed by atoms with Crippen LogP contribution in [0.25, 0.3) is 0 Å². The van der Waals surface area contributed by atoms with Crippen LogP contribution in [0.4, 0.5) is 0 Å². The van der Waals surface area contributed by atoms with Gasteiger partial charge in [-0.3, -0.25) is 4.79 Å². The van der Waals surface area contributed by atoms with Gasteiger partial charge in [-0.05, 0) is 37.1 Å². The van der Waals surface area contributed by atoms with Gasteiger partial charge in [-0.1, -0.05) is 11.2 Å². The van der Waals surface area contributed by atoms with Crippen molar-refractivity contribution in [3.8, 4) is 0 Å². The van der Waals surface area contributed by atoms with Gasteiger partial charge in [0.1, 0.15) is 11.3 Å². The van der Waals surface area contributed by atoms with E-state index in [1.54, 1.807) is 18.3 Å². The van der Waals surface area contributed by atoms with E-state index in [4.69, 9.17) is 9.63 Å². The van der Waals surface area contributed by atoms with Crippen molar-refractivity contribution < 1.29 is 14.4 Å². The smallest absolute Gasteiger partial charge is 0.256 e. The molecule has 0 radical (unpaired) electrons. The summed E-state index contributed by atoms with van der Waals surface area (Å²) >= 11 is 1.68. The zero-order valence-corrected chi connectivity index (χ0v) is 12.2. The molecule has 0 spiro atoms. The Balaban J connectivity index is 1.85. The van der Waals surface area contributed by atoms with E-state index in [9.17, 15) is 4.79 Å². The summed E-state index contributed by atoms with van der Waals surface area (Å²) in [6.07, 6.45) is 2.94. The highest BCUT2D eigenvalue weighted by atomic mass is 32.1. The van der Waals surface area contributed by atoms with E-state index in [0.717, 1.165) is 6.42 Å². The lowest BCUT2D eigenvalue weighted by atomic mass is 10.00. The predicted molar refractivity (Wildman–Crippen MR) is 77.0 cm³/mol. The van der Waals surface area contributed by atoms with Gasteiger partial charge < -0.3 is 14.9 Å². The van der Waals surface area contributed by atoms with Crippen molar-refractivity contribution in [3.63, 3.8) is 0 Å². The first kappa shape index (κ1) is 14.7. The van der Waals surface area contributed by atoms with E-state index < -0.39 is 0 Å². The van der Waals surface area contributed by atoms with Crippen molar-refractivity contribution in [1.29, 1.82) is 0 Å². The number of nitrogens with one attached hydrogen (secondary N) is 1. The second kappa shape index (κ2) is 7.21. The van der Waals surface area contributed by atoms with Crippen molar-refractivity contribution in [2.24, 2.45) is 0 Å². The Hall–Kier alpha value is -1.66. The van der Waals surface area contributed by atoms with Crippen LogP contribution >= 0.6 is 11.3 Å². The third-order valence-corrected chi connectivity index (χ3v) is 4.23. The summed E-state index contributed by atoms with van der Waals surface area (Å²) in [7, 11) is 0. The molecule has 1 atom stereocenters. The fourth-order valence-electron chi connectivity index (χ4n) is 2.08. The van der Waals surface area contributed by atoms with Crippen molar-refractivity contribution in [3.05, 3.63) is 39.9 Å². The monoisotopic (exact) mass is 294 g/mol. The number of aryl methyl sites for hydroxylation is 1. The van der Waals surface area contributed by atoms with Crippen LogP contribution in [-0.4, -0.2) is 29.3 Å². The van der Waals surface area contributed by atoms with E-state index in [1.807, 2.05) is 11.4 Å². The van der Waals surface area contributed by atoms with Crippen molar-refractivity contribution >= 4 is 17.2 Å². The Kier molecular flexibility index (Phi) is 5.31. The van der Waals surface area contributed by atoms with E-state index in [1.165, 1.54) is 11.1 Å². The quantitative estimate of drug-likeness (QED) is 0.822. The molecule has 1 amide bonds. The average Bonchev–Trinajstić information content (AvgIpc) is 3.08. The molecule has 0 aliphatic heterocycles. The van der Waals surface area contributed by atoms with Crippen LogP contribution in [0, 0.1) is 6.92 Å². The van der Waals surface area contributed by atoms with Crippen molar-refractivity contribution in [2.45, 2.75) is 25.7 Å². The summed E-state index contributed by atoms with van der Waals surface area (Å²) in [4.78, 5) is 13.1. The molecule has 2 aromatic heterocycles. The van der Waals surface area contributed by atoms with Gasteiger partial charge in [0.15, 0.2) is 0 Å². The van der Waals surface area contributed by atoms with Crippen LogP contribution in [0.1, 0.15) is 39.8 Å². The molecule has 20 heavy (non-hydrogen) atoms. The van der Waals surface area contributed by atoms with Crippen LogP contribution in [0.3, 0.4) is 0 Å². The summed E-state index contributed by atoms with van der Waals surface area (Å²) in [6.45, 7) is 2.43. The summed E-state index contributed by atoms with van der Waals surface area (Å²) < 4.78 is 4.87. The van der Waals surface area contributed by atoms with Gasteiger partial charge in [-0.25, -0.2) is 0 Å². The molecule has 108 valence electrons. The number of carbonyl (C=O) groups excluding carboxylic acids is 1. The van der Waals surface area contributed by atoms with Gasteiger partial charge in [0.05, 0.1) is 6.20 Å². The fraction of sp³-hybridized carbons (Fsp3) is 0.429. The van der Waals surface area contributed by atoms with Gasteiger partial charge in [-0.2, -0.15) is 0 Å². The molecule has 2 N–H and O–H groups in total. The predicted octanol–water partition coefficient (Wildman–Crippen LogP) is 2.33. The summed E-state index contributed by atoms with van der Waals surface area (Å²) in [5.41, 5.74) is 0.472. The Morgan fingerprint density at radius 1 is 1.55 bits per heavy atom. The minimum Gasteiger partial charge on any atom is -0.396 e. The van der Waals surface area contributed by atoms with Gasteiger partial charge >= 0.3 is 0 Å². The third kappa shape index (κ3) is 3.68. The number of amides is 1. The number of carbonyl (C=O) groups is 1. The Morgan fingerprint density at radius 2 is 2.40 bits per heavy atom. The molecular formula is C14H18N2O3S.